The van der Waals surface area contributed by atoms with Crippen LogP contribution in [0.4, 0.5) is 5.82 Å². The Balaban J connectivity index is 1.95. The zero-order valence-electron chi connectivity index (χ0n) is 13.2. The first-order valence-electron chi connectivity index (χ1n) is 7.41. The van der Waals surface area contributed by atoms with E-state index in [4.69, 9.17) is 4.74 Å². The SMILES string of the molecule is O=C([O-])C(=CNc1ncnc2ccc(Oc3ccccc3)cc12)C(=O)[O-]. The maximum atomic E-state index is 10.8. The van der Waals surface area contributed by atoms with Gasteiger partial charge >= 0.3 is 0 Å². The molecule has 8 nitrogen and oxygen atoms in total. The Morgan fingerprint density at radius 1 is 0.962 bits per heavy atom. The molecule has 3 aromatic rings. The summed E-state index contributed by atoms with van der Waals surface area (Å²) in [5.41, 5.74) is -0.479. The van der Waals surface area contributed by atoms with Gasteiger partial charge in [-0.15, -0.1) is 0 Å². The van der Waals surface area contributed by atoms with Crippen molar-refractivity contribution in [2.24, 2.45) is 0 Å². The Bertz CT molecular complexity index is 986. The van der Waals surface area contributed by atoms with Gasteiger partial charge in [-0.3, -0.25) is 0 Å². The average molecular weight is 349 g/mol. The molecule has 0 amide bonds. The molecule has 0 aliphatic rings. The van der Waals surface area contributed by atoms with E-state index in [9.17, 15) is 19.8 Å². The van der Waals surface area contributed by atoms with Gasteiger partial charge in [0.1, 0.15) is 23.6 Å². The molecule has 8 heteroatoms. The lowest BCUT2D eigenvalue weighted by atomic mass is 10.2. The monoisotopic (exact) mass is 349 g/mol. The molecule has 1 heterocycles. The molecule has 0 saturated carbocycles. The zero-order valence-corrected chi connectivity index (χ0v) is 13.2. The number of fused-ring (bicyclic) bond motifs is 1. The number of carboxylic acids is 2. The van der Waals surface area contributed by atoms with Gasteiger partial charge in [0.15, 0.2) is 0 Å². The van der Waals surface area contributed by atoms with Crippen molar-refractivity contribution >= 4 is 28.7 Å². The van der Waals surface area contributed by atoms with Gasteiger partial charge in [0, 0.05) is 17.2 Å². The number of para-hydroxylation sites is 1. The summed E-state index contributed by atoms with van der Waals surface area (Å²) in [6.07, 6.45) is 2.01. The summed E-state index contributed by atoms with van der Waals surface area (Å²) in [6.45, 7) is 0. The number of carboxylic acid groups (broad SMARTS) is 2. The molecule has 0 bridgehead atoms. The molecule has 0 aliphatic heterocycles. The van der Waals surface area contributed by atoms with Crippen LogP contribution in [0, 0.1) is 0 Å². The number of aliphatic carboxylic acids is 2. The van der Waals surface area contributed by atoms with E-state index < -0.39 is 17.5 Å². The Morgan fingerprint density at radius 2 is 1.69 bits per heavy atom. The fourth-order valence-corrected chi connectivity index (χ4v) is 2.18. The summed E-state index contributed by atoms with van der Waals surface area (Å²) in [5.74, 6) is -2.40. The normalized spacial score (nSPS) is 10.2. The molecule has 0 aliphatic carbocycles. The Morgan fingerprint density at radius 3 is 2.38 bits per heavy atom. The van der Waals surface area contributed by atoms with Crippen LogP contribution in [-0.4, -0.2) is 21.9 Å². The molecule has 0 saturated heterocycles. The van der Waals surface area contributed by atoms with Crippen LogP contribution in [0.15, 0.2) is 66.6 Å². The third-order valence-corrected chi connectivity index (χ3v) is 3.38. The van der Waals surface area contributed by atoms with Crippen LogP contribution in [0.25, 0.3) is 10.9 Å². The van der Waals surface area contributed by atoms with E-state index >= 15 is 0 Å². The highest BCUT2D eigenvalue weighted by atomic mass is 16.5. The summed E-state index contributed by atoms with van der Waals surface area (Å²) in [5, 5.41) is 24.6. The number of nitrogens with zero attached hydrogens (tertiary/aromatic N) is 2. The molecule has 1 aromatic heterocycles. The Kier molecular flexibility index (Phi) is 4.75. The Labute approximate surface area is 147 Å². The number of aromatic nitrogens is 2. The van der Waals surface area contributed by atoms with E-state index in [2.05, 4.69) is 15.3 Å². The summed E-state index contributed by atoms with van der Waals surface area (Å²) in [4.78, 5) is 29.7. The molecule has 26 heavy (non-hydrogen) atoms. The number of ether oxygens (including phenoxy) is 1. The second-order valence-corrected chi connectivity index (χ2v) is 5.09. The van der Waals surface area contributed by atoms with Crippen molar-refractivity contribution < 1.29 is 24.5 Å². The van der Waals surface area contributed by atoms with Gasteiger partial charge in [0.2, 0.25) is 0 Å². The van der Waals surface area contributed by atoms with Gasteiger partial charge in [-0.2, -0.15) is 0 Å². The number of benzene rings is 2. The number of carbonyl (C=O) groups is 2. The molecule has 3 rings (SSSR count). The van der Waals surface area contributed by atoms with Crippen molar-refractivity contribution in [2.45, 2.75) is 0 Å². The average Bonchev–Trinajstić information content (AvgIpc) is 2.62. The Hall–Kier alpha value is -3.94. The number of rotatable bonds is 6. The molecule has 0 fully saturated rings. The maximum absolute atomic E-state index is 10.8. The van der Waals surface area contributed by atoms with Crippen molar-refractivity contribution in [1.29, 1.82) is 0 Å². The van der Waals surface area contributed by atoms with Gasteiger partial charge in [0.05, 0.1) is 17.5 Å². The highest BCUT2D eigenvalue weighted by Gasteiger charge is 2.07. The number of anilines is 1. The third-order valence-electron chi connectivity index (χ3n) is 3.38. The van der Waals surface area contributed by atoms with Crippen molar-refractivity contribution in [3.8, 4) is 11.5 Å². The highest BCUT2D eigenvalue weighted by molar-refractivity contribution is 6.11. The van der Waals surface area contributed by atoms with Gasteiger partial charge in [-0.1, -0.05) is 18.2 Å². The van der Waals surface area contributed by atoms with E-state index in [0.29, 0.717) is 22.4 Å². The first kappa shape index (κ1) is 16.9. The van der Waals surface area contributed by atoms with E-state index in [1.54, 1.807) is 30.3 Å². The van der Waals surface area contributed by atoms with Crippen LogP contribution in [0.1, 0.15) is 0 Å². The second kappa shape index (κ2) is 7.31. The highest BCUT2D eigenvalue weighted by Crippen LogP contribution is 2.27. The van der Waals surface area contributed by atoms with E-state index in [1.807, 2.05) is 18.2 Å². The van der Waals surface area contributed by atoms with Crippen LogP contribution < -0.4 is 20.3 Å². The maximum Gasteiger partial charge on any atom is 0.141 e. The second-order valence-electron chi connectivity index (χ2n) is 5.09. The van der Waals surface area contributed by atoms with Crippen molar-refractivity contribution in [3.63, 3.8) is 0 Å². The number of hydrogen-bond acceptors (Lipinski definition) is 8. The van der Waals surface area contributed by atoms with Crippen LogP contribution in [0.3, 0.4) is 0 Å². The zero-order chi connectivity index (χ0) is 18.5. The van der Waals surface area contributed by atoms with E-state index in [0.717, 1.165) is 6.20 Å². The fourth-order valence-electron chi connectivity index (χ4n) is 2.18. The lowest BCUT2D eigenvalue weighted by Gasteiger charge is -2.11. The van der Waals surface area contributed by atoms with E-state index in [-0.39, 0.29) is 5.82 Å². The fraction of sp³-hybridized carbons (Fsp3) is 0. The third kappa shape index (κ3) is 3.75. The van der Waals surface area contributed by atoms with Crippen molar-refractivity contribution in [3.05, 3.63) is 66.6 Å². The first-order valence-corrected chi connectivity index (χ1v) is 7.41. The molecule has 0 radical (unpaired) electrons. The van der Waals surface area contributed by atoms with Gasteiger partial charge in [0.25, 0.3) is 0 Å². The van der Waals surface area contributed by atoms with Gasteiger partial charge in [-0.25, -0.2) is 9.97 Å². The first-order chi connectivity index (χ1) is 12.5. The lowest BCUT2D eigenvalue weighted by molar-refractivity contribution is -0.312. The molecular formula is C18H11N3O5-2. The molecule has 130 valence electrons. The van der Waals surface area contributed by atoms with Crippen LogP contribution in [0.5, 0.6) is 11.5 Å². The van der Waals surface area contributed by atoms with Crippen molar-refractivity contribution in [1.82, 2.24) is 9.97 Å². The van der Waals surface area contributed by atoms with Crippen LogP contribution in [0.2, 0.25) is 0 Å². The molecular weight excluding hydrogens is 338 g/mol. The smallest absolute Gasteiger partial charge is 0.141 e. The number of carbonyl (C=O) groups excluding carboxylic acids is 2. The predicted molar refractivity (Wildman–Crippen MR) is 87.8 cm³/mol. The topological polar surface area (TPSA) is 127 Å². The predicted octanol–water partition coefficient (Wildman–Crippen LogP) is 0.218. The van der Waals surface area contributed by atoms with E-state index in [1.165, 1.54) is 6.33 Å². The van der Waals surface area contributed by atoms with Gasteiger partial charge < -0.3 is 29.9 Å². The summed E-state index contributed by atoms with van der Waals surface area (Å²) >= 11 is 0. The standard InChI is InChI=1S/C18H13N3O5/c22-17(23)14(18(24)25)9-19-16-13-8-12(6-7-15(13)20-10-21-16)26-11-4-2-1-3-5-11/h1-10H,(H,22,23)(H,24,25)(H,19,20,21)/p-2. The molecule has 1 N–H and O–H groups in total. The minimum atomic E-state index is -1.87. The van der Waals surface area contributed by atoms with Crippen molar-refractivity contribution in [2.75, 3.05) is 5.32 Å². The largest absolute Gasteiger partial charge is 0.545 e. The number of hydrogen-bond donors (Lipinski definition) is 1. The summed E-state index contributed by atoms with van der Waals surface area (Å²) in [7, 11) is 0. The quantitative estimate of drug-likeness (QED) is 0.380. The molecule has 0 spiro atoms. The summed E-state index contributed by atoms with van der Waals surface area (Å²) < 4.78 is 5.74. The lowest BCUT2D eigenvalue weighted by Crippen LogP contribution is -2.36. The van der Waals surface area contributed by atoms with Crippen LogP contribution >= 0.6 is 0 Å². The minimum absolute atomic E-state index is 0.202. The molecule has 2 aromatic carbocycles. The van der Waals surface area contributed by atoms with Gasteiger partial charge in [-0.05, 0) is 30.3 Å². The number of nitrogens with one attached hydrogen (secondary N) is 1. The minimum Gasteiger partial charge on any atom is -0.545 e. The summed E-state index contributed by atoms with van der Waals surface area (Å²) in [6, 6.07) is 14.2. The van der Waals surface area contributed by atoms with Crippen LogP contribution in [-0.2, 0) is 9.59 Å². The molecule has 0 unspecified atom stereocenters. The molecule has 0 atom stereocenters.